The SMILES string of the molecule is CS[N+]1(c2ccccn2)CCN(CCC(=O)Nc2ccccc2)CC1. The standard InChI is InChI=1S/C19H24N4OS/c1-25-23(18-9-5-6-11-20-18)15-13-22(14-16-23)12-10-19(24)21-17-7-3-2-4-8-17/h2-9,11H,10,12-16H2,1H3/p+1. The summed E-state index contributed by atoms with van der Waals surface area (Å²) in [5.74, 6) is 1.20. The van der Waals surface area contributed by atoms with Crippen molar-refractivity contribution in [2.75, 3.05) is 44.3 Å². The van der Waals surface area contributed by atoms with Crippen LogP contribution in [0.25, 0.3) is 0 Å². The molecule has 5 nitrogen and oxygen atoms in total. The lowest BCUT2D eigenvalue weighted by Gasteiger charge is -2.40. The number of hydrogen-bond donors (Lipinski definition) is 1. The number of carbonyl (C=O) groups is 1. The fourth-order valence-corrected chi connectivity index (χ4v) is 3.98. The van der Waals surface area contributed by atoms with Gasteiger partial charge in [-0.3, -0.25) is 9.69 Å². The van der Waals surface area contributed by atoms with Gasteiger partial charge in [0.15, 0.2) is 0 Å². The van der Waals surface area contributed by atoms with Crippen LogP contribution in [0.3, 0.4) is 0 Å². The summed E-state index contributed by atoms with van der Waals surface area (Å²) in [5, 5.41) is 2.95. The van der Waals surface area contributed by atoms with Gasteiger partial charge in [-0.15, -0.1) is 0 Å². The first-order valence-electron chi connectivity index (χ1n) is 8.63. The van der Waals surface area contributed by atoms with Gasteiger partial charge in [0.05, 0.1) is 11.9 Å². The summed E-state index contributed by atoms with van der Waals surface area (Å²) in [7, 11) is 0. The Morgan fingerprint density at radius 2 is 1.88 bits per heavy atom. The van der Waals surface area contributed by atoms with Crippen molar-refractivity contribution in [1.29, 1.82) is 0 Å². The smallest absolute Gasteiger partial charge is 0.239 e. The number of nitrogens with zero attached hydrogens (tertiary/aromatic N) is 3. The minimum Gasteiger partial charge on any atom is -0.326 e. The second kappa shape index (κ2) is 8.47. The van der Waals surface area contributed by atoms with Crippen LogP contribution >= 0.6 is 11.9 Å². The second-order valence-electron chi connectivity index (χ2n) is 6.21. The topological polar surface area (TPSA) is 45.2 Å². The molecule has 3 rings (SSSR count). The van der Waals surface area contributed by atoms with Gasteiger partial charge in [0.25, 0.3) is 0 Å². The molecule has 1 aliphatic heterocycles. The van der Waals surface area contributed by atoms with Crippen molar-refractivity contribution in [3.05, 3.63) is 54.7 Å². The number of hydrogen-bond acceptors (Lipinski definition) is 4. The molecule has 0 atom stereocenters. The summed E-state index contributed by atoms with van der Waals surface area (Å²) < 4.78 is 0.855. The van der Waals surface area contributed by atoms with Crippen molar-refractivity contribution < 1.29 is 4.79 Å². The average molecular weight is 358 g/mol. The summed E-state index contributed by atoms with van der Waals surface area (Å²) in [6.07, 6.45) is 4.54. The van der Waals surface area contributed by atoms with Crippen molar-refractivity contribution >= 4 is 29.4 Å². The van der Waals surface area contributed by atoms with Gasteiger partial charge in [-0.05, 0) is 18.2 Å². The highest BCUT2D eigenvalue weighted by Crippen LogP contribution is 2.30. The van der Waals surface area contributed by atoms with Crippen LogP contribution < -0.4 is 9.21 Å². The highest BCUT2D eigenvalue weighted by atomic mass is 32.2. The molecule has 2 aromatic rings. The molecular weight excluding hydrogens is 332 g/mol. The Hall–Kier alpha value is -1.89. The Morgan fingerprint density at radius 3 is 2.52 bits per heavy atom. The van der Waals surface area contributed by atoms with Crippen molar-refractivity contribution in [2.45, 2.75) is 6.42 Å². The fraction of sp³-hybridized carbons (Fsp3) is 0.368. The van der Waals surface area contributed by atoms with Crippen LogP contribution in [0, 0.1) is 0 Å². The van der Waals surface area contributed by atoms with Crippen LogP contribution in [0.4, 0.5) is 11.5 Å². The Bertz CT molecular complexity index is 672. The zero-order valence-electron chi connectivity index (χ0n) is 14.6. The lowest BCUT2D eigenvalue weighted by atomic mass is 10.2. The van der Waals surface area contributed by atoms with E-state index in [1.165, 1.54) is 0 Å². The first-order chi connectivity index (χ1) is 12.2. The molecule has 25 heavy (non-hydrogen) atoms. The minimum atomic E-state index is 0.0760. The van der Waals surface area contributed by atoms with Crippen molar-refractivity contribution in [1.82, 2.24) is 13.8 Å². The van der Waals surface area contributed by atoms with Gasteiger partial charge in [-0.1, -0.05) is 24.3 Å². The maximum atomic E-state index is 12.1. The lowest BCUT2D eigenvalue weighted by molar-refractivity contribution is -0.116. The van der Waals surface area contributed by atoms with Crippen LogP contribution in [-0.4, -0.2) is 54.8 Å². The molecule has 0 spiro atoms. The Morgan fingerprint density at radius 1 is 1.16 bits per heavy atom. The molecule has 1 aromatic heterocycles. The molecule has 1 saturated heterocycles. The molecule has 1 amide bonds. The number of quaternary nitrogens is 1. The quantitative estimate of drug-likeness (QED) is 0.638. The minimum absolute atomic E-state index is 0.0760. The van der Waals surface area contributed by atoms with Crippen LogP contribution in [-0.2, 0) is 4.79 Å². The average Bonchev–Trinajstić information content (AvgIpc) is 2.68. The van der Waals surface area contributed by atoms with Gasteiger partial charge in [0.2, 0.25) is 11.7 Å². The number of benzene rings is 1. The fourth-order valence-electron chi connectivity index (χ4n) is 3.16. The maximum absolute atomic E-state index is 12.1. The summed E-state index contributed by atoms with van der Waals surface area (Å²) in [4.78, 5) is 19.0. The molecule has 1 aromatic carbocycles. The molecular formula is C19H25N4OS+. The molecule has 0 saturated carbocycles. The van der Waals surface area contributed by atoms with Gasteiger partial charge in [-0.2, -0.15) is 0 Å². The van der Waals surface area contributed by atoms with E-state index in [2.05, 4.69) is 33.6 Å². The molecule has 0 aliphatic carbocycles. The number of anilines is 1. The third-order valence-electron chi connectivity index (χ3n) is 4.68. The Labute approximate surface area is 153 Å². The lowest BCUT2D eigenvalue weighted by Crippen LogP contribution is -2.56. The van der Waals surface area contributed by atoms with Crippen LogP contribution in [0.5, 0.6) is 0 Å². The third kappa shape index (κ3) is 4.60. The van der Waals surface area contributed by atoms with E-state index in [9.17, 15) is 4.79 Å². The number of rotatable bonds is 6. The van der Waals surface area contributed by atoms with E-state index >= 15 is 0 Å². The van der Waals surface area contributed by atoms with E-state index in [1.807, 2.05) is 54.5 Å². The Balaban J connectivity index is 1.48. The summed E-state index contributed by atoms with van der Waals surface area (Å²) in [5.41, 5.74) is 0.861. The molecule has 2 heterocycles. The first-order valence-corrected chi connectivity index (χ1v) is 9.82. The predicted molar refractivity (Wildman–Crippen MR) is 105 cm³/mol. The number of nitrogens with one attached hydrogen (secondary N) is 1. The van der Waals surface area contributed by atoms with Crippen molar-refractivity contribution in [2.24, 2.45) is 0 Å². The van der Waals surface area contributed by atoms with Crippen LogP contribution in [0.2, 0.25) is 0 Å². The molecule has 0 bridgehead atoms. The van der Waals surface area contributed by atoms with Gasteiger partial charge in [0.1, 0.15) is 13.1 Å². The number of aromatic nitrogens is 1. The van der Waals surface area contributed by atoms with E-state index in [1.54, 1.807) is 0 Å². The summed E-state index contributed by atoms with van der Waals surface area (Å²) in [6, 6.07) is 15.8. The molecule has 1 fully saturated rings. The zero-order valence-corrected chi connectivity index (χ0v) is 15.4. The molecule has 6 heteroatoms. The van der Waals surface area contributed by atoms with Gasteiger partial charge in [-0.25, -0.2) is 8.87 Å². The van der Waals surface area contributed by atoms with Gasteiger partial charge < -0.3 is 5.32 Å². The number of amides is 1. The van der Waals surface area contributed by atoms with Crippen LogP contribution in [0.15, 0.2) is 54.7 Å². The number of piperazine rings is 1. The van der Waals surface area contributed by atoms with Crippen molar-refractivity contribution in [3.63, 3.8) is 0 Å². The molecule has 0 unspecified atom stereocenters. The Kier molecular flexibility index (Phi) is 6.07. The van der Waals surface area contributed by atoms with E-state index in [0.29, 0.717) is 6.42 Å². The second-order valence-corrected chi connectivity index (χ2v) is 7.28. The number of para-hydroxylation sites is 1. The van der Waals surface area contributed by atoms with Crippen LogP contribution in [0.1, 0.15) is 6.42 Å². The van der Waals surface area contributed by atoms with E-state index in [0.717, 1.165) is 48.1 Å². The summed E-state index contributed by atoms with van der Waals surface area (Å²) in [6.45, 7) is 4.79. The van der Waals surface area contributed by atoms with Gasteiger partial charge in [0, 0.05) is 50.3 Å². The molecule has 0 radical (unpaired) electrons. The molecule has 1 aliphatic rings. The largest absolute Gasteiger partial charge is 0.326 e. The summed E-state index contributed by atoms with van der Waals surface area (Å²) >= 11 is 1.84. The number of pyridine rings is 1. The van der Waals surface area contributed by atoms with E-state index in [-0.39, 0.29) is 5.91 Å². The third-order valence-corrected chi connectivity index (χ3v) is 5.93. The number of carbonyl (C=O) groups excluding carboxylic acids is 1. The zero-order chi connectivity index (χ0) is 17.5. The predicted octanol–water partition coefficient (Wildman–Crippen LogP) is 3.01. The van der Waals surface area contributed by atoms with E-state index < -0.39 is 0 Å². The van der Waals surface area contributed by atoms with Crippen molar-refractivity contribution in [3.8, 4) is 0 Å². The maximum Gasteiger partial charge on any atom is 0.239 e. The molecule has 132 valence electrons. The van der Waals surface area contributed by atoms with E-state index in [4.69, 9.17) is 0 Å². The first kappa shape index (κ1) is 17.9. The highest BCUT2D eigenvalue weighted by molar-refractivity contribution is 7.98. The van der Waals surface area contributed by atoms with Gasteiger partial charge >= 0.3 is 0 Å². The molecule has 1 N–H and O–H groups in total. The monoisotopic (exact) mass is 357 g/mol. The highest BCUT2D eigenvalue weighted by Gasteiger charge is 2.36. The normalized spacial score (nSPS) is 17.2.